The van der Waals surface area contributed by atoms with Crippen LogP contribution >= 0.6 is 0 Å². The standard InChI is InChI=1S/C23H23N3O3/c1-16(27)18-5-7-19(8-6-18)26-23(28)22-15-20(12-14-25-22)24-13-11-17-3-9-21(29-2)10-4-17/h3-10,12,14-15H,11,13H2,1-2H3,(H,24,25)(H,26,28). The first-order valence-corrected chi connectivity index (χ1v) is 9.30. The fraction of sp³-hybridized carbons (Fsp3) is 0.174. The Morgan fingerprint density at radius 2 is 1.69 bits per heavy atom. The zero-order chi connectivity index (χ0) is 20.6. The molecule has 0 fully saturated rings. The normalized spacial score (nSPS) is 10.3. The van der Waals surface area contributed by atoms with E-state index in [1.54, 1.807) is 43.6 Å². The van der Waals surface area contributed by atoms with Crippen molar-refractivity contribution < 1.29 is 14.3 Å². The van der Waals surface area contributed by atoms with Gasteiger partial charge in [-0.2, -0.15) is 0 Å². The molecule has 2 N–H and O–H groups in total. The average molecular weight is 389 g/mol. The second-order valence-electron chi connectivity index (χ2n) is 6.54. The number of ether oxygens (including phenoxy) is 1. The number of carbonyl (C=O) groups excluding carboxylic acids is 2. The van der Waals surface area contributed by atoms with Gasteiger partial charge in [-0.05, 0) is 67.4 Å². The Morgan fingerprint density at radius 3 is 2.34 bits per heavy atom. The molecule has 0 aliphatic carbocycles. The smallest absolute Gasteiger partial charge is 0.274 e. The zero-order valence-electron chi connectivity index (χ0n) is 16.4. The Hall–Kier alpha value is -3.67. The summed E-state index contributed by atoms with van der Waals surface area (Å²) in [5, 5.41) is 6.10. The van der Waals surface area contributed by atoms with Crippen LogP contribution in [0.4, 0.5) is 11.4 Å². The molecule has 29 heavy (non-hydrogen) atoms. The summed E-state index contributed by atoms with van der Waals surface area (Å²) >= 11 is 0. The van der Waals surface area contributed by atoms with Gasteiger partial charge in [0.2, 0.25) is 0 Å². The van der Waals surface area contributed by atoms with Crippen LogP contribution in [-0.2, 0) is 6.42 Å². The van der Waals surface area contributed by atoms with Gasteiger partial charge in [0, 0.05) is 29.7 Å². The number of methoxy groups -OCH3 is 1. The predicted molar refractivity (Wildman–Crippen MR) is 114 cm³/mol. The number of ketones is 1. The third-order valence-electron chi connectivity index (χ3n) is 4.44. The number of hydrogen-bond acceptors (Lipinski definition) is 5. The van der Waals surface area contributed by atoms with Crippen LogP contribution in [0.1, 0.15) is 33.3 Å². The molecule has 0 aliphatic rings. The maximum absolute atomic E-state index is 12.5. The molecule has 0 atom stereocenters. The minimum atomic E-state index is -0.306. The molecule has 3 rings (SSSR count). The highest BCUT2D eigenvalue weighted by molar-refractivity contribution is 6.03. The molecule has 1 aromatic heterocycles. The van der Waals surface area contributed by atoms with E-state index in [1.165, 1.54) is 12.5 Å². The third-order valence-corrected chi connectivity index (χ3v) is 4.44. The Morgan fingerprint density at radius 1 is 0.966 bits per heavy atom. The third kappa shape index (κ3) is 5.65. The molecule has 0 bridgehead atoms. The molecular formula is C23H23N3O3. The largest absolute Gasteiger partial charge is 0.497 e. The molecule has 1 heterocycles. The number of anilines is 2. The quantitative estimate of drug-likeness (QED) is 0.565. The van der Waals surface area contributed by atoms with Crippen molar-refractivity contribution in [3.8, 4) is 5.75 Å². The van der Waals surface area contributed by atoms with Crippen LogP contribution in [0.5, 0.6) is 5.75 Å². The molecular weight excluding hydrogens is 366 g/mol. The van der Waals surface area contributed by atoms with Gasteiger partial charge in [0.05, 0.1) is 7.11 Å². The number of aromatic nitrogens is 1. The lowest BCUT2D eigenvalue weighted by Crippen LogP contribution is -2.14. The van der Waals surface area contributed by atoms with Gasteiger partial charge < -0.3 is 15.4 Å². The number of Topliss-reactive ketones (excluding diaryl/α,β-unsaturated/α-hetero) is 1. The van der Waals surface area contributed by atoms with Crippen LogP contribution in [0.15, 0.2) is 66.9 Å². The molecule has 3 aromatic rings. The highest BCUT2D eigenvalue weighted by atomic mass is 16.5. The molecule has 2 aromatic carbocycles. The molecule has 0 aliphatic heterocycles. The fourth-order valence-electron chi connectivity index (χ4n) is 2.79. The lowest BCUT2D eigenvalue weighted by Gasteiger charge is -2.09. The number of nitrogens with zero attached hydrogens (tertiary/aromatic N) is 1. The van der Waals surface area contributed by atoms with Crippen LogP contribution in [0.3, 0.4) is 0 Å². The summed E-state index contributed by atoms with van der Waals surface area (Å²) in [5.74, 6) is 0.514. The van der Waals surface area contributed by atoms with Gasteiger partial charge in [-0.15, -0.1) is 0 Å². The van der Waals surface area contributed by atoms with Gasteiger partial charge in [-0.3, -0.25) is 14.6 Å². The number of carbonyl (C=O) groups is 2. The first-order valence-electron chi connectivity index (χ1n) is 9.30. The van der Waals surface area contributed by atoms with E-state index in [1.807, 2.05) is 30.3 Å². The van der Waals surface area contributed by atoms with Gasteiger partial charge in [0.25, 0.3) is 5.91 Å². The Bertz CT molecular complexity index is 983. The van der Waals surface area contributed by atoms with Crippen LogP contribution in [0.25, 0.3) is 0 Å². The van der Waals surface area contributed by atoms with E-state index >= 15 is 0 Å². The van der Waals surface area contributed by atoms with Crippen molar-refractivity contribution in [2.75, 3.05) is 24.3 Å². The minimum absolute atomic E-state index is 0.0158. The van der Waals surface area contributed by atoms with Gasteiger partial charge in [-0.1, -0.05) is 12.1 Å². The summed E-state index contributed by atoms with van der Waals surface area (Å²) < 4.78 is 5.16. The summed E-state index contributed by atoms with van der Waals surface area (Å²) in [6.07, 6.45) is 2.44. The first kappa shape index (κ1) is 20.1. The number of benzene rings is 2. The second kappa shape index (κ2) is 9.50. The Labute approximate surface area is 169 Å². The lowest BCUT2D eigenvalue weighted by atomic mass is 10.1. The monoisotopic (exact) mass is 389 g/mol. The van der Waals surface area contributed by atoms with Crippen molar-refractivity contribution in [2.45, 2.75) is 13.3 Å². The number of pyridine rings is 1. The van der Waals surface area contributed by atoms with Crippen LogP contribution in [0, 0.1) is 0 Å². The SMILES string of the molecule is COc1ccc(CCNc2ccnc(C(=O)Nc3ccc(C(C)=O)cc3)c2)cc1. The van der Waals surface area contributed by atoms with Gasteiger partial charge in [0.15, 0.2) is 5.78 Å². The number of rotatable bonds is 8. The molecule has 0 saturated carbocycles. The first-order chi connectivity index (χ1) is 14.0. The topological polar surface area (TPSA) is 80.3 Å². The second-order valence-corrected chi connectivity index (χ2v) is 6.54. The molecule has 0 unspecified atom stereocenters. The molecule has 148 valence electrons. The summed E-state index contributed by atoms with van der Waals surface area (Å²) in [4.78, 5) is 27.9. The molecule has 0 saturated heterocycles. The summed E-state index contributed by atoms with van der Waals surface area (Å²) in [5.41, 5.74) is 3.55. The van der Waals surface area contributed by atoms with Crippen LogP contribution in [0.2, 0.25) is 0 Å². The van der Waals surface area contributed by atoms with Crippen LogP contribution in [-0.4, -0.2) is 30.3 Å². The molecule has 6 heteroatoms. The van der Waals surface area contributed by atoms with E-state index < -0.39 is 0 Å². The Kier molecular flexibility index (Phi) is 6.58. The van der Waals surface area contributed by atoms with Crippen molar-refractivity contribution in [3.63, 3.8) is 0 Å². The maximum Gasteiger partial charge on any atom is 0.274 e. The van der Waals surface area contributed by atoms with Crippen molar-refractivity contribution in [1.29, 1.82) is 0 Å². The molecule has 0 radical (unpaired) electrons. The molecule has 1 amide bonds. The zero-order valence-corrected chi connectivity index (χ0v) is 16.4. The molecule has 0 spiro atoms. The highest BCUT2D eigenvalue weighted by Gasteiger charge is 2.09. The number of hydrogen-bond donors (Lipinski definition) is 2. The van der Waals surface area contributed by atoms with Crippen LogP contribution < -0.4 is 15.4 Å². The summed E-state index contributed by atoms with van der Waals surface area (Å²) in [6.45, 7) is 2.23. The van der Waals surface area contributed by atoms with E-state index in [-0.39, 0.29) is 11.7 Å². The summed E-state index contributed by atoms with van der Waals surface area (Å²) in [6, 6.07) is 18.2. The molecule has 6 nitrogen and oxygen atoms in total. The maximum atomic E-state index is 12.5. The van der Waals surface area contributed by atoms with E-state index in [0.29, 0.717) is 16.9 Å². The Balaban J connectivity index is 1.56. The van der Waals surface area contributed by atoms with Gasteiger partial charge in [-0.25, -0.2) is 0 Å². The van der Waals surface area contributed by atoms with E-state index in [0.717, 1.165) is 24.4 Å². The van der Waals surface area contributed by atoms with Crippen molar-refractivity contribution in [1.82, 2.24) is 4.98 Å². The van der Waals surface area contributed by atoms with E-state index in [4.69, 9.17) is 4.74 Å². The number of nitrogens with one attached hydrogen (secondary N) is 2. The van der Waals surface area contributed by atoms with Crippen molar-refractivity contribution >= 4 is 23.1 Å². The highest BCUT2D eigenvalue weighted by Crippen LogP contribution is 2.15. The lowest BCUT2D eigenvalue weighted by molar-refractivity contribution is 0.101. The minimum Gasteiger partial charge on any atom is -0.497 e. The van der Waals surface area contributed by atoms with Gasteiger partial charge >= 0.3 is 0 Å². The predicted octanol–water partition coefficient (Wildman–Crippen LogP) is 4.20. The van der Waals surface area contributed by atoms with Gasteiger partial charge in [0.1, 0.15) is 11.4 Å². The summed E-state index contributed by atoms with van der Waals surface area (Å²) in [7, 11) is 1.65. The van der Waals surface area contributed by atoms with Crippen molar-refractivity contribution in [3.05, 3.63) is 83.7 Å². The number of amides is 1. The van der Waals surface area contributed by atoms with E-state index in [9.17, 15) is 9.59 Å². The van der Waals surface area contributed by atoms with Crippen molar-refractivity contribution in [2.24, 2.45) is 0 Å². The fourth-order valence-corrected chi connectivity index (χ4v) is 2.79. The van der Waals surface area contributed by atoms with E-state index in [2.05, 4.69) is 15.6 Å². The average Bonchev–Trinajstić information content (AvgIpc) is 2.75.